The molecule has 10 rings (SSSR count). The summed E-state index contributed by atoms with van der Waals surface area (Å²) < 4.78 is 67.2. The number of hydrogen-bond donors (Lipinski definition) is 0. The third-order valence-electron chi connectivity index (χ3n) is 13.2. The van der Waals surface area contributed by atoms with Crippen molar-refractivity contribution in [3.05, 3.63) is 245 Å². The lowest BCUT2D eigenvalue weighted by molar-refractivity contribution is -0.325. The summed E-state index contributed by atoms with van der Waals surface area (Å²) in [6.07, 6.45) is -10.2. The molecule has 0 unspecified atom stereocenters. The predicted molar refractivity (Wildman–Crippen MR) is 302 cm³/mol. The van der Waals surface area contributed by atoms with Gasteiger partial charge in [-0.2, -0.15) is 0 Å². The van der Waals surface area contributed by atoms with Gasteiger partial charge in [0.15, 0.2) is 36.1 Å². The van der Waals surface area contributed by atoms with E-state index in [1.807, 2.05) is 91.0 Å². The molecule has 0 N–H and O–H groups in total. The van der Waals surface area contributed by atoms with Crippen LogP contribution in [-0.2, 0) is 67.2 Å². The van der Waals surface area contributed by atoms with Crippen molar-refractivity contribution in [1.29, 1.82) is 0 Å². The van der Waals surface area contributed by atoms with Crippen molar-refractivity contribution in [2.75, 3.05) is 25.5 Å². The van der Waals surface area contributed by atoms with Gasteiger partial charge in [-0.15, -0.1) is 0 Å². The van der Waals surface area contributed by atoms with Crippen LogP contribution in [0.1, 0.15) is 58.3 Å². The van der Waals surface area contributed by atoms with E-state index in [1.54, 1.807) is 103 Å². The number of rotatable bonds is 22. The Kier molecular flexibility index (Phi) is 20.1. The van der Waals surface area contributed by atoms with Crippen LogP contribution in [0.15, 0.2) is 211 Å². The van der Waals surface area contributed by atoms with E-state index in [2.05, 4.69) is 9.98 Å². The van der Waals surface area contributed by atoms with Gasteiger partial charge in [-0.1, -0.05) is 175 Å². The Hall–Kier alpha value is -7.52. The van der Waals surface area contributed by atoms with Gasteiger partial charge in [0, 0.05) is 11.9 Å². The normalized spacial score (nSPS) is 23.3. The highest BCUT2D eigenvalue weighted by molar-refractivity contribution is 8.39. The highest BCUT2D eigenvalue weighted by atomic mass is 32.2. The first kappa shape index (κ1) is 56.7. The number of pyridine rings is 1. The zero-order valence-electron chi connectivity index (χ0n) is 43.8. The molecule has 0 spiro atoms. The van der Waals surface area contributed by atoms with E-state index in [-0.39, 0.29) is 48.8 Å². The molecule has 0 saturated carbocycles. The smallest absolute Gasteiger partial charge is 0.357 e. The molecular formula is C63H58N2O14S2. The Bertz CT molecular complexity index is 3140. The first-order chi connectivity index (χ1) is 39.8. The Balaban J connectivity index is 1.05. The maximum atomic E-state index is 14.4. The highest BCUT2D eigenvalue weighted by Crippen LogP contribution is 2.40. The molecule has 18 heteroatoms. The molecule has 6 aromatic carbocycles. The average Bonchev–Trinajstić information content (AvgIpc) is 4.06. The van der Waals surface area contributed by atoms with E-state index in [9.17, 15) is 19.2 Å². The molecule has 0 bridgehead atoms. The summed E-state index contributed by atoms with van der Waals surface area (Å²) in [6, 6.07) is 58.5. The summed E-state index contributed by atoms with van der Waals surface area (Å²) in [6.45, 7) is 0.415. The number of benzene rings is 6. The van der Waals surface area contributed by atoms with Crippen LogP contribution in [-0.4, -0.2) is 119 Å². The SMILES string of the molecule is O=C(O[C@@H]1[C@@H](OC(=O)c2ccccc2)[C@H](SC2=NCCS2)O[C@H](CO[C@@H]2O[C@H](COCc3ccccc3)[C@@H](OCc3ccccc3)[C@H](OCc3ccccc3)[C@H]2OC(=O)c2ccccn2)[C@H]1OC(=O)c1ccccc1)c1ccccc1. The van der Waals surface area contributed by atoms with Crippen LogP contribution in [0.5, 0.6) is 0 Å². The molecule has 2 fully saturated rings. The minimum absolute atomic E-state index is 0.00311. The number of aromatic nitrogens is 1. The zero-order valence-corrected chi connectivity index (χ0v) is 45.4. The molecule has 0 radical (unpaired) electrons. The Morgan fingerprint density at radius 1 is 0.457 bits per heavy atom. The second-order valence-corrected chi connectivity index (χ2v) is 21.3. The van der Waals surface area contributed by atoms with Gasteiger partial charge in [0.25, 0.3) is 0 Å². The number of carbonyl (C=O) groups is 4. The quantitative estimate of drug-likeness (QED) is 0.0461. The van der Waals surface area contributed by atoms with E-state index in [1.165, 1.54) is 35.8 Å². The van der Waals surface area contributed by atoms with Crippen LogP contribution in [0.25, 0.3) is 0 Å². The molecule has 16 nitrogen and oxygen atoms in total. The molecule has 7 aromatic rings. The number of esters is 4. The van der Waals surface area contributed by atoms with Crippen molar-refractivity contribution in [1.82, 2.24) is 4.98 Å². The lowest BCUT2D eigenvalue weighted by Crippen LogP contribution is -2.64. The third-order valence-corrected chi connectivity index (χ3v) is 15.6. The number of aliphatic imine (C=N–C) groups is 1. The van der Waals surface area contributed by atoms with Gasteiger partial charge in [-0.05, 0) is 65.2 Å². The molecule has 3 aliphatic heterocycles. The number of hydrogen-bond acceptors (Lipinski definition) is 18. The lowest BCUT2D eigenvalue weighted by atomic mass is 9.97. The van der Waals surface area contributed by atoms with E-state index in [4.69, 9.17) is 47.4 Å². The topological polar surface area (TPSA) is 186 Å². The van der Waals surface area contributed by atoms with Crippen LogP contribution in [0.3, 0.4) is 0 Å². The van der Waals surface area contributed by atoms with E-state index in [0.717, 1.165) is 16.7 Å². The summed E-state index contributed by atoms with van der Waals surface area (Å²) in [7, 11) is 0. The van der Waals surface area contributed by atoms with Crippen LogP contribution in [0, 0.1) is 0 Å². The van der Waals surface area contributed by atoms with Gasteiger partial charge in [-0.3, -0.25) is 4.99 Å². The summed E-state index contributed by atoms with van der Waals surface area (Å²) in [4.78, 5) is 66.4. The van der Waals surface area contributed by atoms with E-state index in [0.29, 0.717) is 16.7 Å². The summed E-state index contributed by atoms with van der Waals surface area (Å²) in [5, 5.41) is 0. The second kappa shape index (κ2) is 28.8. The molecule has 2 saturated heterocycles. The van der Waals surface area contributed by atoms with Crippen molar-refractivity contribution >= 4 is 51.8 Å². The molecule has 0 aliphatic carbocycles. The van der Waals surface area contributed by atoms with Crippen LogP contribution >= 0.6 is 23.5 Å². The first-order valence-corrected chi connectivity index (χ1v) is 28.3. The highest BCUT2D eigenvalue weighted by Gasteiger charge is 2.55. The average molecular weight is 1130 g/mol. The molecular weight excluding hydrogens is 1070 g/mol. The van der Waals surface area contributed by atoms with Gasteiger partial charge >= 0.3 is 23.9 Å². The Morgan fingerprint density at radius 3 is 1.44 bits per heavy atom. The van der Waals surface area contributed by atoms with Crippen LogP contribution in [0.4, 0.5) is 0 Å². The van der Waals surface area contributed by atoms with E-state index >= 15 is 0 Å². The maximum absolute atomic E-state index is 14.4. The molecule has 81 heavy (non-hydrogen) atoms. The minimum atomic E-state index is -1.54. The lowest BCUT2D eigenvalue weighted by Gasteiger charge is -2.47. The van der Waals surface area contributed by atoms with Crippen molar-refractivity contribution in [3.63, 3.8) is 0 Å². The van der Waals surface area contributed by atoms with Gasteiger partial charge in [-0.25, -0.2) is 24.2 Å². The number of nitrogens with zero attached hydrogens (tertiary/aromatic N) is 2. The predicted octanol–water partition coefficient (Wildman–Crippen LogP) is 9.97. The van der Waals surface area contributed by atoms with Gasteiger partial charge in [0.1, 0.15) is 34.5 Å². The Labute approximate surface area is 477 Å². The van der Waals surface area contributed by atoms with Crippen molar-refractivity contribution < 1.29 is 66.5 Å². The fourth-order valence-electron chi connectivity index (χ4n) is 9.21. The molecule has 10 atom stereocenters. The third kappa shape index (κ3) is 15.5. The first-order valence-electron chi connectivity index (χ1n) is 26.4. The van der Waals surface area contributed by atoms with Crippen molar-refractivity contribution in [2.24, 2.45) is 4.99 Å². The molecule has 416 valence electrons. The maximum Gasteiger partial charge on any atom is 0.357 e. The molecule has 1 aromatic heterocycles. The summed E-state index contributed by atoms with van der Waals surface area (Å²) >= 11 is 2.65. The molecule has 4 heterocycles. The fourth-order valence-corrected chi connectivity index (χ4v) is 11.5. The van der Waals surface area contributed by atoms with Gasteiger partial charge in [0.05, 0.1) is 56.3 Å². The zero-order chi connectivity index (χ0) is 55.6. The number of ether oxygens (including phenoxy) is 10. The van der Waals surface area contributed by atoms with Crippen molar-refractivity contribution in [2.45, 2.75) is 80.4 Å². The fraction of sp³-hybridized carbons (Fsp3) is 0.270. The molecule has 0 amide bonds. The summed E-state index contributed by atoms with van der Waals surface area (Å²) in [5.74, 6) is -2.46. The Morgan fingerprint density at radius 2 is 0.926 bits per heavy atom. The van der Waals surface area contributed by atoms with Crippen molar-refractivity contribution in [3.8, 4) is 0 Å². The summed E-state index contributed by atoms with van der Waals surface area (Å²) in [5.41, 5.74) is 2.02. The number of thioether (sulfide) groups is 2. The second-order valence-electron chi connectivity index (χ2n) is 18.8. The van der Waals surface area contributed by atoms with Gasteiger partial charge < -0.3 is 47.4 Å². The molecule has 3 aliphatic rings. The van der Waals surface area contributed by atoms with Crippen LogP contribution < -0.4 is 0 Å². The largest absolute Gasteiger partial charge is 0.452 e. The monoisotopic (exact) mass is 1130 g/mol. The van der Waals surface area contributed by atoms with Gasteiger partial charge in [0.2, 0.25) is 0 Å². The van der Waals surface area contributed by atoms with Crippen LogP contribution in [0.2, 0.25) is 0 Å². The van der Waals surface area contributed by atoms with E-state index < -0.39 is 91.0 Å². The standard InChI is InChI=1S/C63H58N2O14S2/c66-57(45-27-13-4-14-28-45)76-52-50(75-62(81-63-65-35-36-80-63)56(79-59(68)47-31-17-6-18-32-47)54(52)77-58(67)46-29-15-5-16-30-46)41-73-61-55(78-60(69)48-33-19-20-34-64-48)53(72-39-44-25-11-3-12-26-44)51(71-38-43-23-9-2-10-24-43)49(74-61)40-70-37-42-21-7-1-8-22-42/h1-34,49-56,61-62H,35-41H2/t49-,50-,51-,52-,53+,54+,55-,56-,61-,62+/m1/s1. The minimum Gasteiger partial charge on any atom is -0.452 e. The number of carbonyl (C=O) groups excluding carboxylic acids is 4.